The Morgan fingerprint density at radius 1 is 1.32 bits per heavy atom. The number of nitrogen functional groups attached to an aromatic ring is 1. The first kappa shape index (κ1) is 21.1. The van der Waals surface area contributed by atoms with Gasteiger partial charge in [-0.15, -0.1) is 11.8 Å². The Hall–Kier alpha value is -1.62. The van der Waals surface area contributed by atoms with Crippen molar-refractivity contribution in [3.63, 3.8) is 0 Å². The summed E-state index contributed by atoms with van der Waals surface area (Å²) in [6.45, 7) is 2.04. The summed E-state index contributed by atoms with van der Waals surface area (Å²) in [7, 11) is -4.22. The van der Waals surface area contributed by atoms with Crippen molar-refractivity contribution in [2.45, 2.75) is 34.4 Å². The van der Waals surface area contributed by atoms with Crippen molar-refractivity contribution in [1.82, 2.24) is 19.5 Å². The highest BCUT2D eigenvalue weighted by Gasteiger charge is 2.18. The third-order valence-electron chi connectivity index (χ3n) is 3.69. The van der Waals surface area contributed by atoms with Gasteiger partial charge in [0.2, 0.25) is 5.95 Å². The highest BCUT2D eigenvalue weighted by Crippen LogP contribution is 2.35. The van der Waals surface area contributed by atoms with Crippen LogP contribution in [0.15, 0.2) is 45.4 Å². The van der Waals surface area contributed by atoms with E-state index < -0.39 is 20.0 Å². The van der Waals surface area contributed by atoms with Crippen molar-refractivity contribution in [2.75, 3.05) is 18.3 Å². The molecule has 28 heavy (non-hydrogen) atoms. The number of anilines is 1. The second-order valence-electron chi connectivity index (χ2n) is 6.01. The number of fused-ring (bicyclic) bond motifs is 1. The highest BCUT2D eigenvalue weighted by atomic mass is 32.2. The van der Waals surface area contributed by atoms with Crippen LogP contribution in [0.3, 0.4) is 0 Å². The number of ether oxygens (including phenoxy) is 1. The normalized spacial score (nSPS) is 13.1. The molecule has 0 radical (unpaired) electrons. The SMILES string of the molecule is CSc1cccc(Sc2nc(N)nc3c2ncn3CC(C)OCP(=O)(O)O)c1. The molecule has 1 unspecified atom stereocenters. The molecule has 0 saturated heterocycles. The molecular weight excluding hydrogens is 421 g/mol. The van der Waals surface area contributed by atoms with E-state index in [1.54, 1.807) is 29.6 Å². The number of thioether (sulfide) groups is 1. The minimum Gasteiger partial charge on any atom is -0.368 e. The van der Waals surface area contributed by atoms with Gasteiger partial charge in [0.15, 0.2) is 5.65 Å². The van der Waals surface area contributed by atoms with Gasteiger partial charge in [-0.2, -0.15) is 4.98 Å². The fraction of sp³-hybridized carbons (Fsp3) is 0.312. The molecule has 0 spiro atoms. The molecule has 0 amide bonds. The van der Waals surface area contributed by atoms with E-state index >= 15 is 0 Å². The van der Waals surface area contributed by atoms with Gasteiger partial charge in [0, 0.05) is 9.79 Å². The number of benzene rings is 1. The van der Waals surface area contributed by atoms with Crippen LogP contribution in [0.2, 0.25) is 0 Å². The number of rotatable bonds is 8. The zero-order chi connectivity index (χ0) is 20.3. The van der Waals surface area contributed by atoms with E-state index in [9.17, 15) is 4.57 Å². The second-order valence-corrected chi connectivity index (χ2v) is 9.54. The van der Waals surface area contributed by atoms with Crippen LogP contribution in [-0.4, -0.2) is 48.0 Å². The van der Waals surface area contributed by atoms with Gasteiger partial charge in [-0.3, -0.25) is 4.57 Å². The number of nitrogens with two attached hydrogens (primary N) is 1. The summed E-state index contributed by atoms with van der Waals surface area (Å²) in [6, 6.07) is 8.07. The molecule has 1 aromatic carbocycles. The average Bonchev–Trinajstić information content (AvgIpc) is 3.02. The van der Waals surface area contributed by atoms with Crippen molar-refractivity contribution >= 4 is 48.2 Å². The van der Waals surface area contributed by atoms with E-state index in [1.165, 1.54) is 11.8 Å². The summed E-state index contributed by atoms with van der Waals surface area (Å²) in [5.41, 5.74) is 7.05. The Kier molecular flexibility index (Phi) is 6.64. The minimum atomic E-state index is -4.22. The first-order valence-corrected chi connectivity index (χ1v) is 12.1. The lowest BCUT2D eigenvalue weighted by Crippen LogP contribution is -2.17. The molecule has 3 aromatic rings. The molecule has 0 aliphatic rings. The Morgan fingerprint density at radius 3 is 2.79 bits per heavy atom. The number of hydrogen-bond acceptors (Lipinski definition) is 8. The van der Waals surface area contributed by atoms with Crippen LogP contribution >= 0.6 is 31.1 Å². The van der Waals surface area contributed by atoms with Crippen molar-refractivity contribution in [1.29, 1.82) is 0 Å². The third kappa shape index (κ3) is 5.47. The Labute approximate surface area is 170 Å². The number of imidazole rings is 1. The maximum absolute atomic E-state index is 11.0. The molecule has 0 bridgehead atoms. The lowest BCUT2D eigenvalue weighted by atomic mass is 10.4. The summed E-state index contributed by atoms with van der Waals surface area (Å²) in [5.74, 6) is 0.126. The summed E-state index contributed by atoms with van der Waals surface area (Å²) in [5, 5.41) is 0.642. The Bertz CT molecular complexity index is 1030. The molecule has 2 aromatic heterocycles. The number of hydrogen-bond donors (Lipinski definition) is 3. The van der Waals surface area contributed by atoms with E-state index in [1.807, 2.05) is 24.5 Å². The zero-order valence-electron chi connectivity index (χ0n) is 15.2. The maximum atomic E-state index is 11.0. The van der Waals surface area contributed by atoms with Gasteiger partial charge in [0.1, 0.15) is 16.9 Å². The molecule has 3 rings (SSSR count). The predicted molar refractivity (Wildman–Crippen MR) is 110 cm³/mol. The quantitative estimate of drug-likeness (QED) is 0.272. The molecule has 2 heterocycles. The minimum absolute atomic E-state index is 0.126. The number of nitrogens with zero attached hydrogens (tertiary/aromatic N) is 4. The monoisotopic (exact) mass is 441 g/mol. The fourth-order valence-electron chi connectivity index (χ4n) is 2.47. The molecular formula is C16H20N5O4PS2. The number of aromatic nitrogens is 4. The van der Waals surface area contributed by atoms with Gasteiger partial charge in [-0.05, 0) is 31.4 Å². The highest BCUT2D eigenvalue weighted by molar-refractivity contribution is 8.00. The molecule has 9 nitrogen and oxygen atoms in total. The molecule has 150 valence electrons. The van der Waals surface area contributed by atoms with Crippen molar-refractivity contribution in [3.05, 3.63) is 30.6 Å². The van der Waals surface area contributed by atoms with Crippen molar-refractivity contribution in [2.24, 2.45) is 0 Å². The second kappa shape index (κ2) is 8.81. The van der Waals surface area contributed by atoms with Crippen LogP contribution in [0.4, 0.5) is 5.95 Å². The standard InChI is InChI=1S/C16H20N5O4PS2/c1-10(25-9-26(22,23)24)7-21-8-18-13-14(21)19-16(17)20-15(13)28-12-5-3-4-11(6-12)27-2/h3-6,8,10H,7,9H2,1-2H3,(H2,17,19,20)(H2,22,23,24). The lowest BCUT2D eigenvalue weighted by molar-refractivity contribution is 0.0764. The topological polar surface area (TPSA) is 136 Å². The predicted octanol–water partition coefficient (Wildman–Crippen LogP) is 2.82. The molecule has 0 aliphatic heterocycles. The van der Waals surface area contributed by atoms with Crippen molar-refractivity contribution in [3.8, 4) is 0 Å². The van der Waals surface area contributed by atoms with Gasteiger partial charge in [0.05, 0.1) is 19.0 Å². The van der Waals surface area contributed by atoms with Gasteiger partial charge < -0.3 is 24.8 Å². The fourth-order valence-corrected chi connectivity index (χ4v) is 4.39. The molecule has 0 saturated carbocycles. The largest absolute Gasteiger partial charge is 0.368 e. The molecule has 4 N–H and O–H groups in total. The summed E-state index contributed by atoms with van der Waals surface area (Å²) in [6.07, 6.45) is 2.53. The molecule has 0 aliphatic carbocycles. The van der Waals surface area contributed by atoms with Crippen LogP contribution in [0, 0.1) is 0 Å². The van der Waals surface area contributed by atoms with Gasteiger partial charge in [-0.1, -0.05) is 17.8 Å². The Morgan fingerprint density at radius 2 is 2.07 bits per heavy atom. The van der Waals surface area contributed by atoms with Crippen molar-refractivity contribution < 1.29 is 19.1 Å². The smallest absolute Gasteiger partial charge is 0.350 e. The summed E-state index contributed by atoms with van der Waals surface area (Å²) in [4.78, 5) is 33.0. The zero-order valence-corrected chi connectivity index (χ0v) is 17.7. The first-order chi connectivity index (χ1) is 13.2. The average molecular weight is 441 g/mol. The van der Waals surface area contributed by atoms with Crippen LogP contribution in [0.25, 0.3) is 11.2 Å². The van der Waals surface area contributed by atoms with E-state index in [2.05, 4.69) is 21.0 Å². The van der Waals surface area contributed by atoms with Crippen LogP contribution in [0.1, 0.15) is 6.92 Å². The van der Waals surface area contributed by atoms with E-state index in [-0.39, 0.29) is 5.95 Å². The lowest BCUT2D eigenvalue weighted by Gasteiger charge is -2.14. The first-order valence-electron chi connectivity index (χ1n) is 8.21. The third-order valence-corrected chi connectivity index (χ3v) is 5.86. The molecule has 0 fully saturated rings. The van der Waals surface area contributed by atoms with E-state index in [0.717, 1.165) is 9.79 Å². The van der Waals surface area contributed by atoms with Gasteiger partial charge >= 0.3 is 7.60 Å². The summed E-state index contributed by atoms with van der Waals surface area (Å²) >= 11 is 3.11. The molecule has 1 atom stereocenters. The van der Waals surface area contributed by atoms with Crippen LogP contribution in [0.5, 0.6) is 0 Å². The Balaban J connectivity index is 1.85. The van der Waals surface area contributed by atoms with Crippen LogP contribution < -0.4 is 5.73 Å². The van der Waals surface area contributed by atoms with Crippen LogP contribution in [-0.2, 0) is 15.8 Å². The maximum Gasteiger partial charge on any atom is 0.350 e. The summed E-state index contributed by atoms with van der Waals surface area (Å²) < 4.78 is 17.9. The van der Waals surface area contributed by atoms with Gasteiger partial charge in [-0.25, -0.2) is 9.97 Å². The van der Waals surface area contributed by atoms with E-state index in [4.69, 9.17) is 20.3 Å². The van der Waals surface area contributed by atoms with Gasteiger partial charge in [0.25, 0.3) is 0 Å². The van der Waals surface area contributed by atoms with E-state index in [0.29, 0.717) is 22.7 Å². The molecule has 12 heteroatoms.